The van der Waals surface area contributed by atoms with Gasteiger partial charge in [-0.25, -0.2) is 4.68 Å². The minimum atomic E-state index is -0.0419. The molecule has 102 valence electrons. The van der Waals surface area contributed by atoms with Crippen molar-refractivity contribution >= 4 is 5.91 Å². The van der Waals surface area contributed by atoms with Crippen LogP contribution in [-0.4, -0.2) is 38.9 Å². The van der Waals surface area contributed by atoms with Gasteiger partial charge in [0.2, 0.25) is 0 Å². The fourth-order valence-electron chi connectivity index (χ4n) is 2.65. The number of aromatic nitrogens is 3. The fraction of sp³-hybridized carbons (Fsp3) is 0.357. The maximum Gasteiger partial charge on any atom is 0.276 e. The van der Waals surface area contributed by atoms with Gasteiger partial charge in [0.15, 0.2) is 5.69 Å². The van der Waals surface area contributed by atoms with Gasteiger partial charge >= 0.3 is 0 Å². The van der Waals surface area contributed by atoms with E-state index in [1.807, 2.05) is 17.0 Å². The third-order valence-corrected chi connectivity index (χ3v) is 3.99. The van der Waals surface area contributed by atoms with Gasteiger partial charge in [-0.2, -0.15) is 0 Å². The monoisotopic (exact) mass is 269 g/mol. The first kappa shape index (κ1) is 11.6. The number of amides is 1. The summed E-state index contributed by atoms with van der Waals surface area (Å²) in [5.41, 5.74) is 2.87. The van der Waals surface area contributed by atoms with Crippen LogP contribution in [0.5, 0.6) is 0 Å². The number of carbonyl (C=O) groups excluding carboxylic acids is 1. The third kappa shape index (κ3) is 1.80. The molecule has 4 rings (SSSR count). The van der Waals surface area contributed by atoms with Gasteiger partial charge in [-0.15, -0.1) is 5.10 Å². The molecule has 1 aromatic carbocycles. The number of rotatable bonds is 2. The van der Waals surface area contributed by atoms with Crippen LogP contribution >= 0.6 is 0 Å². The number of hydrogen-bond donors (Lipinski definition) is 1. The largest absolute Gasteiger partial charge is 0.329 e. The van der Waals surface area contributed by atoms with Crippen LogP contribution in [0.2, 0.25) is 0 Å². The standard InChI is InChI=1S/C14H15N5O/c20-14(13-9-19(17-16-13)12-5-15-6-12)18-7-10-3-1-2-4-11(10)8-18/h1-4,9,12,15H,5-8H2. The molecule has 1 aromatic heterocycles. The highest BCUT2D eigenvalue weighted by Gasteiger charge is 2.27. The zero-order valence-electron chi connectivity index (χ0n) is 11.0. The van der Waals surface area contributed by atoms with Gasteiger partial charge < -0.3 is 10.2 Å². The van der Waals surface area contributed by atoms with Crippen molar-refractivity contribution in [2.75, 3.05) is 13.1 Å². The van der Waals surface area contributed by atoms with Gasteiger partial charge in [0, 0.05) is 26.2 Å². The highest BCUT2D eigenvalue weighted by molar-refractivity contribution is 5.92. The van der Waals surface area contributed by atoms with Gasteiger partial charge in [-0.05, 0) is 11.1 Å². The molecule has 2 aliphatic rings. The molecule has 6 heteroatoms. The van der Waals surface area contributed by atoms with Gasteiger partial charge in [-0.3, -0.25) is 4.79 Å². The Bertz CT molecular complexity index is 636. The molecular weight excluding hydrogens is 254 g/mol. The highest BCUT2D eigenvalue weighted by Crippen LogP contribution is 2.23. The van der Waals surface area contributed by atoms with Crippen molar-refractivity contribution in [2.45, 2.75) is 19.1 Å². The number of carbonyl (C=O) groups is 1. The van der Waals surface area contributed by atoms with Crippen LogP contribution in [0.15, 0.2) is 30.5 Å². The second-order valence-corrected chi connectivity index (χ2v) is 5.33. The molecule has 1 N–H and O–H groups in total. The Morgan fingerprint density at radius 1 is 1.20 bits per heavy atom. The van der Waals surface area contributed by atoms with Crippen LogP contribution in [0.25, 0.3) is 0 Å². The van der Waals surface area contributed by atoms with E-state index in [9.17, 15) is 4.79 Å². The summed E-state index contributed by atoms with van der Waals surface area (Å²) in [5.74, 6) is -0.0419. The van der Waals surface area contributed by atoms with Gasteiger partial charge in [0.1, 0.15) is 0 Å². The molecule has 6 nitrogen and oxygen atoms in total. The Morgan fingerprint density at radius 3 is 2.50 bits per heavy atom. The Labute approximate surface area is 116 Å². The summed E-state index contributed by atoms with van der Waals surface area (Å²) in [6, 6.07) is 8.48. The van der Waals surface area contributed by atoms with Crippen LogP contribution in [0.4, 0.5) is 0 Å². The van der Waals surface area contributed by atoms with Crippen LogP contribution in [0.3, 0.4) is 0 Å². The summed E-state index contributed by atoms with van der Waals surface area (Å²) in [6.45, 7) is 3.11. The van der Waals surface area contributed by atoms with Crippen LogP contribution in [0.1, 0.15) is 27.7 Å². The van der Waals surface area contributed by atoms with E-state index in [4.69, 9.17) is 0 Å². The van der Waals surface area contributed by atoms with E-state index in [1.165, 1.54) is 11.1 Å². The first-order valence-electron chi connectivity index (χ1n) is 6.80. The molecule has 1 amide bonds. The first-order chi connectivity index (χ1) is 9.81. The van der Waals surface area contributed by atoms with E-state index >= 15 is 0 Å². The summed E-state index contributed by atoms with van der Waals surface area (Å²) in [4.78, 5) is 14.3. The zero-order chi connectivity index (χ0) is 13.5. The smallest absolute Gasteiger partial charge is 0.276 e. The molecule has 1 saturated heterocycles. The van der Waals surface area contributed by atoms with Gasteiger partial charge in [0.05, 0.1) is 12.2 Å². The van der Waals surface area contributed by atoms with Gasteiger partial charge in [0.25, 0.3) is 5.91 Å². The summed E-state index contributed by atoms with van der Waals surface area (Å²) in [5, 5.41) is 11.3. The average molecular weight is 269 g/mol. The summed E-state index contributed by atoms with van der Waals surface area (Å²) in [6.07, 6.45) is 1.76. The van der Waals surface area contributed by atoms with Gasteiger partial charge in [-0.1, -0.05) is 29.5 Å². The third-order valence-electron chi connectivity index (χ3n) is 3.99. The summed E-state index contributed by atoms with van der Waals surface area (Å²) in [7, 11) is 0. The van der Waals surface area contributed by atoms with E-state index in [-0.39, 0.29) is 5.91 Å². The zero-order valence-corrected chi connectivity index (χ0v) is 11.0. The number of benzene rings is 1. The Morgan fingerprint density at radius 2 is 1.90 bits per heavy atom. The van der Waals surface area contributed by atoms with Crippen LogP contribution in [-0.2, 0) is 13.1 Å². The Balaban J connectivity index is 1.52. The Kier molecular flexibility index (Phi) is 2.56. The van der Waals surface area contributed by atoms with Crippen LogP contribution < -0.4 is 5.32 Å². The SMILES string of the molecule is O=C(c1cn(C2CNC2)nn1)N1Cc2ccccc2C1. The van der Waals surface area contributed by atoms with Crippen molar-refractivity contribution in [1.29, 1.82) is 0 Å². The fourth-order valence-corrected chi connectivity index (χ4v) is 2.65. The van der Waals surface area contributed by atoms with Crippen molar-refractivity contribution in [1.82, 2.24) is 25.2 Å². The lowest BCUT2D eigenvalue weighted by Crippen LogP contribution is -2.43. The molecule has 0 aliphatic carbocycles. The van der Waals surface area contributed by atoms with E-state index in [1.54, 1.807) is 10.9 Å². The lowest BCUT2D eigenvalue weighted by Gasteiger charge is -2.26. The predicted molar refractivity (Wildman–Crippen MR) is 71.9 cm³/mol. The molecule has 1 fully saturated rings. The molecule has 2 aromatic rings. The predicted octanol–water partition coefficient (Wildman–Crippen LogP) is 0.578. The maximum absolute atomic E-state index is 12.5. The quantitative estimate of drug-likeness (QED) is 0.866. The second-order valence-electron chi connectivity index (χ2n) is 5.33. The van der Waals surface area contributed by atoms with Crippen molar-refractivity contribution in [3.05, 3.63) is 47.3 Å². The molecule has 0 unspecified atom stereocenters. The normalized spacial score (nSPS) is 17.9. The van der Waals surface area contributed by atoms with E-state index in [2.05, 4.69) is 27.8 Å². The van der Waals surface area contributed by atoms with Crippen LogP contribution in [0, 0.1) is 0 Å². The topological polar surface area (TPSA) is 63.1 Å². The van der Waals surface area contributed by atoms with Crippen molar-refractivity contribution < 1.29 is 4.79 Å². The van der Waals surface area contributed by atoms with E-state index < -0.39 is 0 Å². The molecule has 0 radical (unpaired) electrons. The molecule has 2 aliphatic heterocycles. The lowest BCUT2D eigenvalue weighted by molar-refractivity contribution is 0.0745. The number of hydrogen-bond acceptors (Lipinski definition) is 4. The lowest BCUT2D eigenvalue weighted by atomic mass is 10.1. The minimum absolute atomic E-state index is 0.0419. The molecule has 0 saturated carbocycles. The molecule has 0 atom stereocenters. The summed E-state index contributed by atoms with van der Waals surface area (Å²) >= 11 is 0. The number of nitrogens with one attached hydrogen (secondary N) is 1. The van der Waals surface area contributed by atoms with E-state index in [0.29, 0.717) is 24.8 Å². The van der Waals surface area contributed by atoms with E-state index in [0.717, 1.165) is 13.1 Å². The minimum Gasteiger partial charge on any atom is -0.329 e. The number of nitrogens with zero attached hydrogens (tertiary/aromatic N) is 4. The highest BCUT2D eigenvalue weighted by atomic mass is 16.2. The maximum atomic E-state index is 12.5. The van der Waals surface area contributed by atoms with Crippen molar-refractivity contribution in [3.63, 3.8) is 0 Å². The molecule has 0 bridgehead atoms. The molecule has 3 heterocycles. The second kappa shape index (κ2) is 4.42. The Hall–Kier alpha value is -2.21. The first-order valence-corrected chi connectivity index (χ1v) is 6.80. The molecule has 0 spiro atoms. The summed E-state index contributed by atoms with van der Waals surface area (Å²) < 4.78 is 1.78. The average Bonchev–Trinajstić information content (AvgIpc) is 3.01. The molecular formula is C14H15N5O. The van der Waals surface area contributed by atoms with Crippen molar-refractivity contribution in [3.8, 4) is 0 Å². The van der Waals surface area contributed by atoms with Crippen molar-refractivity contribution in [2.24, 2.45) is 0 Å². The molecule has 20 heavy (non-hydrogen) atoms. The number of fused-ring (bicyclic) bond motifs is 1.